The van der Waals surface area contributed by atoms with Gasteiger partial charge in [-0.15, -0.1) is 0 Å². The zero-order valence-corrected chi connectivity index (χ0v) is 13.3. The highest BCUT2D eigenvalue weighted by molar-refractivity contribution is 5.94. The Kier molecular flexibility index (Phi) is 7.08. The van der Waals surface area contributed by atoms with Crippen molar-refractivity contribution in [2.75, 3.05) is 23.3 Å². The van der Waals surface area contributed by atoms with Crippen molar-refractivity contribution in [1.29, 1.82) is 0 Å². The third-order valence-electron chi connectivity index (χ3n) is 2.99. The Morgan fingerprint density at radius 2 is 1.91 bits per heavy atom. The van der Waals surface area contributed by atoms with E-state index in [1.807, 2.05) is 6.92 Å². The first-order valence-electron chi connectivity index (χ1n) is 7.36. The molecule has 0 saturated heterocycles. The molecule has 1 aromatic rings. The van der Waals surface area contributed by atoms with Crippen LogP contribution in [0.3, 0.4) is 0 Å². The van der Waals surface area contributed by atoms with Crippen molar-refractivity contribution in [3.05, 3.63) is 24.3 Å². The first-order valence-corrected chi connectivity index (χ1v) is 7.36. The first kappa shape index (κ1) is 17.7. The fourth-order valence-corrected chi connectivity index (χ4v) is 2.05. The molecule has 0 bridgehead atoms. The number of amides is 3. The third-order valence-corrected chi connectivity index (χ3v) is 2.99. The van der Waals surface area contributed by atoms with Gasteiger partial charge in [0.15, 0.2) is 0 Å². The minimum Gasteiger partial charge on any atom is -0.354 e. The lowest BCUT2D eigenvalue weighted by molar-refractivity contribution is -0.121. The molecule has 6 nitrogen and oxygen atoms in total. The molecule has 22 heavy (non-hydrogen) atoms. The van der Waals surface area contributed by atoms with E-state index in [4.69, 9.17) is 0 Å². The number of anilines is 2. The van der Waals surface area contributed by atoms with E-state index in [-0.39, 0.29) is 17.7 Å². The topological polar surface area (TPSA) is 78.5 Å². The Balaban J connectivity index is 2.72. The van der Waals surface area contributed by atoms with Crippen molar-refractivity contribution in [1.82, 2.24) is 5.32 Å². The normalized spacial score (nSPS) is 9.95. The Labute approximate surface area is 130 Å². The van der Waals surface area contributed by atoms with Gasteiger partial charge in [0.2, 0.25) is 17.7 Å². The van der Waals surface area contributed by atoms with E-state index in [1.54, 1.807) is 29.2 Å². The van der Waals surface area contributed by atoms with Crippen molar-refractivity contribution < 1.29 is 14.4 Å². The molecule has 0 unspecified atom stereocenters. The minimum atomic E-state index is -0.168. The van der Waals surface area contributed by atoms with Gasteiger partial charge in [0, 0.05) is 44.7 Å². The van der Waals surface area contributed by atoms with E-state index in [2.05, 4.69) is 10.6 Å². The molecule has 1 aromatic carbocycles. The number of rotatable bonds is 7. The second kappa shape index (κ2) is 8.81. The molecule has 0 aliphatic carbocycles. The molecule has 0 heterocycles. The first-order chi connectivity index (χ1) is 10.4. The molecular formula is C16H23N3O3. The monoisotopic (exact) mass is 305 g/mol. The summed E-state index contributed by atoms with van der Waals surface area (Å²) < 4.78 is 0. The smallest absolute Gasteiger partial charge is 0.223 e. The summed E-state index contributed by atoms with van der Waals surface area (Å²) in [6.07, 6.45) is 1.28. The molecule has 0 aliphatic heterocycles. The van der Waals surface area contributed by atoms with Crippen molar-refractivity contribution in [2.24, 2.45) is 0 Å². The van der Waals surface area contributed by atoms with E-state index >= 15 is 0 Å². The molecule has 0 aliphatic rings. The summed E-state index contributed by atoms with van der Waals surface area (Å²) in [4.78, 5) is 35.9. The Hall–Kier alpha value is -2.37. The SMILES string of the molecule is CCCC(=O)NCCN(C(C)=O)c1cccc(NC(C)=O)c1. The standard InChI is InChI=1S/C16H23N3O3/c1-4-6-16(22)17-9-10-19(13(3)21)15-8-5-7-14(11-15)18-12(2)20/h5,7-8,11H,4,6,9-10H2,1-3H3,(H,17,22)(H,18,20). The molecule has 3 amide bonds. The number of nitrogens with zero attached hydrogens (tertiary/aromatic N) is 1. The van der Waals surface area contributed by atoms with E-state index in [0.717, 1.165) is 6.42 Å². The average Bonchev–Trinajstić information content (AvgIpc) is 2.43. The molecule has 2 N–H and O–H groups in total. The maximum atomic E-state index is 11.8. The fourth-order valence-electron chi connectivity index (χ4n) is 2.05. The maximum Gasteiger partial charge on any atom is 0.223 e. The fraction of sp³-hybridized carbons (Fsp3) is 0.438. The van der Waals surface area contributed by atoms with Crippen LogP contribution in [0.2, 0.25) is 0 Å². The second-order valence-electron chi connectivity index (χ2n) is 5.00. The number of hydrogen-bond donors (Lipinski definition) is 2. The van der Waals surface area contributed by atoms with Crippen molar-refractivity contribution in [3.8, 4) is 0 Å². The van der Waals surface area contributed by atoms with Crippen LogP contribution in [0.5, 0.6) is 0 Å². The molecule has 6 heteroatoms. The van der Waals surface area contributed by atoms with Gasteiger partial charge in [0.05, 0.1) is 0 Å². The summed E-state index contributed by atoms with van der Waals surface area (Å²) in [6.45, 7) is 5.61. The van der Waals surface area contributed by atoms with Crippen molar-refractivity contribution in [3.63, 3.8) is 0 Å². The van der Waals surface area contributed by atoms with Gasteiger partial charge >= 0.3 is 0 Å². The molecule has 0 radical (unpaired) electrons. The van der Waals surface area contributed by atoms with E-state index < -0.39 is 0 Å². The molecular weight excluding hydrogens is 282 g/mol. The van der Waals surface area contributed by atoms with Crippen LogP contribution in [0.15, 0.2) is 24.3 Å². The lowest BCUT2D eigenvalue weighted by Gasteiger charge is -2.22. The number of benzene rings is 1. The Bertz CT molecular complexity index is 543. The van der Waals surface area contributed by atoms with Crippen LogP contribution in [0, 0.1) is 0 Å². The lowest BCUT2D eigenvalue weighted by Crippen LogP contribution is -2.37. The van der Waals surface area contributed by atoms with Gasteiger partial charge in [-0.3, -0.25) is 14.4 Å². The van der Waals surface area contributed by atoms with Gasteiger partial charge in [0.1, 0.15) is 0 Å². The summed E-state index contributed by atoms with van der Waals surface area (Å²) in [5.74, 6) is -0.305. The summed E-state index contributed by atoms with van der Waals surface area (Å²) in [7, 11) is 0. The van der Waals surface area contributed by atoms with Gasteiger partial charge in [-0.05, 0) is 24.6 Å². The van der Waals surface area contributed by atoms with E-state index in [9.17, 15) is 14.4 Å². The third kappa shape index (κ3) is 5.95. The Morgan fingerprint density at radius 3 is 2.50 bits per heavy atom. The van der Waals surface area contributed by atoms with Gasteiger partial charge in [-0.1, -0.05) is 13.0 Å². The molecule has 120 valence electrons. The summed E-state index contributed by atoms with van der Waals surface area (Å²) in [6, 6.07) is 7.05. The van der Waals surface area contributed by atoms with Gasteiger partial charge < -0.3 is 15.5 Å². The summed E-state index contributed by atoms with van der Waals surface area (Å²) in [5.41, 5.74) is 1.31. The van der Waals surface area contributed by atoms with Crippen LogP contribution >= 0.6 is 0 Å². The highest BCUT2D eigenvalue weighted by Crippen LogP contribution is 2.19. The Morgan fingerprint density at radius 1 is 1.18 bits per heavy atom. The molecule has 0 spiro atoms. The quantitative estimate of drug-likeness (QED) is 0.807. The van der Waals surface area contributed by atoms with Crippen molar-refractivity contribution >= 4 is 29.1 Å². The predicted octanol–water partition coefficient (Wildman–Crippen LogP) is 1.91. The average molecular weight is 305 g/mol. The number of hydrogen-bond acceptors (Lipinski definition) is 3. The minimum absolute atomic E-state index is 0.0157. The lowest BCUT2D eigenvalue weighted by atomic mass is 10.2. The van der Waals surface area contributed by atoms with Crippen LogP contribution in [0.1, 0.15) is 33.6 Å². The largest absolute Gasteiger partial charge is 0.354 e. The maximum absolute atomic E-state index is 11.8. The summed E-state index contributed by atoms with van der Waals surface area (Å²) >= 11 is 0. The second-order valence-corrected chi connectivity index (χ2v) is 5.00. The van der Waals surface area contributed by atoms with Gasteiger partial charge in [0.25, 0.3) is 0 Å². The number of carbonyl (C=O) groups is 3. The predicted molar refractivity (Wildman–Crippen MR) is 86.7 cm³/mol. The number of nitrogens with one attached hydrogen (secondary N) is 2. The number of carbonyl (C=O) groups excluding carboxylic acids is 3. The van der Waals surface area contributed by atoms with Crippen LogP contribution in [-0.4, -0.2) is 30.8 Å². The zero-order chi connectivity index (χ0) is 16.5. The molecule has 0 atom stereocenters. The van der Waals surface area contributed by atoms with E-state index in [1.165, 1.54) is 13.8 Å². The van der Waals surface area contributed by atoms with Gasteiger partial charge in [-0.2, -0.15) is 0 Å². The van der Waals surface area contributed by atoms with Crippen LogP contribution in [-0.2, 0) is 14.4 Å². The highest BCUT2D eigenvalue weighted by atomic mass is 16.2. The van der Waals surface area contributed by atoms with E-state index in [0.29, 0.717) is 30.9 Å². The summed E-state index contributed by atoms with van der Waals surface area (Å²) in [5, 5.41) is 5.47. The highest BCUT2D eigenvalue weighted by Gasteiger charge is 2.12. The van der Waals surface area contributed by atoms with Gasteiger partial charge in [-0.25, -0.2) is 0 Å². The van der Waals surface area contributed by atoms with Crippen LogP contribution in [0.4, 0.5) is 11.4 Å². The van der Waals surface area contributed by atoms with Crippen molar-refractivity contribution in [2.45, 2.75) is 33.6 Å². The van der Waals surface area contributed by atoms with Crippen LogP contribution in [0.25, 0.3) is 0 Å². The molecule has 1 rings (SSSR count). The molecule has 0 fully saturated rings. The molecule has 0 saturated carbocycles. The zero-order valence-electron chi connectivity index (χ0n) is 13.3. The molecule has 0 aromatic heterocycles. The van der Waals surface area contributed by atoms with Crippen LogP contribution < -0.4 is 15.5 Å².